The first-order valence-electron chi connectivity index (χ1n) is 3.83. The molecule has 0 fully saturated rings. The summed E-state index contributed by atoms with van der Waals surface area (Å²) in [5.74, 6) is -0.619. The number of carbonyl (C=O) groups is 1. The van der Waals surface area contributed by atoms with Crippen molar-refractivity contribution in [2.75, 3.05) is 5.75 Å². The van der Waals surface area contributed by atoms with Crippen molar-refractivity contribution >= 4 is 17.7 Å². The predicted molar refractivity (Wildman–Crippen MR) is 51.2 cm³/mol. The van der Waals surface area contributed by atoms with E-state index in [0.29, 0.717) is 0 Å². The van der Waals surface area contributed by atoms with Gasteiger partial charge in [-0.15, -0.1) is 11.8 Å². The van der Waals surface area contributed by atoms with Crippen molar-refractivity contribution in [3.05, 3.63) is 22.6 Å². The Balaban J connectivity index is 2.56. The Bertz CT molecular complexity index is 253. The molecule has 0 aromatic rings. The van der Waals surface area contributed by atoms with Gasteiger partial charge in [0.15, 0.2) is 0 Å². The molecule has 0 bridgehead atoms. The van der Waals surface area contributed by atoms with Crippen molar-refractivity contribution in [2.24, 2.45) is 0 Å². The zero-order valence-electron chi connectivity index (χ0n) is 7.09. The van der Waals surface area contributed by atoms with E-state index < -0.39 is 5.97 Å². The van der Waals surface area contributed by atoms with Gasteiger partial charge in [-0.05, 0) is 25.3 Å². The molecule has 0 radical (unpaired) electrons. The monoisotopic (exact) mass is 184 g/mol. The fourth-order valence-corrected chi connectivity index (χ4v) is 2.15. The number of allylic oxidation sites excluding steroid dienone is 2. The van der Waals surface area contributed by atoms with E-state index in [1.165, 1.54) is 17.3 Å². The largest absolute Gasteiger partial charge is 0.481 e. The summed E-state index contributed by atoms with van der Waals surface area (Å²) in [6, 6.07) is 0. The molecule has 0 heterocycles. The molecule has 0 aromatic carbocycles. The molecule has 0 atom stereocenters. The zero-order valence-corrected chi connectivity index (χ0v) is 7.91. The quantitative estimate of drug-likeness (QED) is 0.732. The molecule has 0 aliphatic heterocycles. The highest BCUT2D eigenvalue weighted by molar-refractivity contribution is 8.03. The van der Waals surface area contributed by atoms with Crippen LogP contribution in [0.15, 0.2) is 22.6 Å². The smallest absolute Gasteiger partial charge is 0.313 e. The van der Waals surface area contributed by atoms with Gasteiger partial charge in [-0.1, -0.05) is 12.2 Å². The molecule has 66 valence electrons. The maximum absolute atomic E-state index is 10.3. The number of hydrogen-bond donors (Lipinski definition) is 1. The molecule has 0 saturated carbocycles. The van der Waals surface area contributed by atoms with Crippen molar-refractivity contribution in [1.82, 2.24) is 0 Å². The van der Waals surface area contributed by atoms with Crippen molar-refractivity contribution in [1.29, 1.82) is 0 Å². The van der Waals surface area contributed by atoms with E-state index in [0.717, 1.165) is 23.3 Å². The summed E-state index contributed by atoms with van der Waals surface area (Å²) >= 11 is 1.39. The standard InChI is InChI=1S/C9H12O2S/c1-6-3-4-7(2)9(6)12-5-8(10)11/h1,3-5H2,2H3,(H,10,11). The second kappa shape index (κ2) is 3.81. The van der Waals surface area contributed by atoms with E-state index >= 15 is 0 Å². The van der Waals surface area contributed by atoms with Gasteiger partial charge in [0.1, 0.15) is 0 Å². The molecule has 12 heavy (non-hydrogen) atoms. The second-order valence-corrected chi connectivity index (χ2v) is 3.88. The fourth-order valence-electron chi connectivity index (χ4n) is 1.23. The van der Waals surface area contributed by atoms with Gasteiger partial charge in [-0.2, -0.15) is 0 Å². The van der Waals surface area contributed by atoms with Crippen LogP contribution in [0.4, 0.5) is 0 Å². The molecule has 0 aromatic heterocycles. The number of rotatable bonds is 3. The van der Waals surface area contributed by atoms with Crippen LogP contribution in [-0.4, -0.2) is 16.8 Å². The van der Waals surface area contributed by atoms with E-state index in [-0.39, 0.29) is 5.75 Å². The Hall–Kier alpha value is -0.700. The minimum Gasteiger partial charge on any atom is -0.481 e. The van der Waals surface area contributed by atoms with E-state index in [2.05, 4.69) is 6.58 Å². The van der Waals surface area contributed by atoms with Gasteiger partial charge in [-0.25, -0.2) is 0 Å². The Morgan fingerprint density at radius 3 is 2.75 bits per heavy atom. The highest BCUT2D eigenvalue weighted by Crippen LogP contribution is 2.37. The highest BCUT2D eigenvalue weighted by Gasteiger charge is 2.15. The average Bonchev–Trinajstić information content (AvgIpc) is 2.28. The lowest BCUT2D eigenvalue weighted by atomic mass is 10.2. The van der Waals surface area contributed by atoms with E-state index in [9.17, 15) is 4.79 Å². The lowest BCUT2D eigenvalue weighted by Crippen LogP contribution is -1.98. The van der Waals surface area contributed by atoms with Gasteiger partial charge < -0.3 is 5.11 Å². The Kier molecular flexibility index (Phi) is 2.98. The molecule has 1 aliphatic rings. The maximum atomic E-state index is 10.3. The minimum absolute atomic E-state index is 0.145. The van der Waals surface area contributed by atoms with Gasteiger partial charge in [0.2, 0.25) is 0 Å². The molecule has 2 nitrogen and oxygen atoms in total. The van der Waals surface area contributed by atoms with Crippen LogP contribution >= 0.6 is 11.8 Å². The molecule has 1 rings (SSSR count). The van der Waals surface area contributed by atoms with Crippen molar-refractivity contribution in [3.63, 3.8) is 0 Å². The molecule has 0 spiro atoms. The third-order valence-electron chi connectivity index (χ3n) is 1.85. The summed E-state index contributed by atoms with van der Waals surface area (Å²) in [4.78, 5) is 11.4. The molecule has 0 saturated heterocycles. The topological polar surface area (TPSA) is 37.3 Å². The zero-order chi connectivity index (χ0) is 9.14. The second-order valence-electron chi connectivity index (χ2n) is 2.90. The average molecular weight is 184 g/mol. The van der Waals surface area contributed by atoms with Crippen LogP contribution in [0.25, 0.3) is 0 Å². The van der Waals surface area contributed by atoms with Crippen LogP contribution in [0.5, 0.6) is 0 Å². The number of thioether (sulfide) groups is 1. The first-order chi connectivity index (χ1) is 5.61. The molecular formula is C9H12O2S. The normalized spacial score (nSPS) is 17.2. The number of aliphatic carboxylic acids is 1. The first-order valence-corrected chi connectivity index (χ1v) is 4.82. The van der Waals surface area contributed by atoms with Crippen LogP contribution in [0.2, 0.25) is 0 Å². The van der Waals surface area contributed by atoms with Gasteiger partial charge in [0, 0.05) is 4.91 Å². The molecule has 1 N–H and O–H groups in total. The molecule has 1 aliphatic carbocycles. The lowest BCUT2D eigenvalue weighted by Gasteiger charge is -2.01. The Morgan fingerprint density at radius 2 is 2.33 bits per heavy atom. The summed E-state index contributed by atoms with van der Waals surface area (Å²) < 4.78 is 0. The van der Waals surface area contributed by atoms with E-state index in [4.69, 9.17) is 5.11 Å². The number of hydrogen-bond acceptors (Lipinski definition) is 2. The van der Waals surface area contributed by atoms with Crippen molar-refractivity contribution < 1.29 is 9.90 Å². The van der Waals surface area contributed by atoms with E-state index in [1.54, 1.807) is 0 Å². The van der Waals surface area contributed by atoms with Crippen molar-refractivity contribution in [2.45, 2.75) is 19.8 Å². The van der Waals surface area contributed by atoms with Crippen LogP contribution < -0.4 is 0 Å². The first kappa shape index (κ1) is 9.39. The lowest BCUT2D eigenvalue weighted by molar-refractivity contribution is -0.133. The van der Waals surface area contributed by atoms with Crippen LogP contribution in [-0.2, 0) is 4.79 Å². The van der Waals surface area contributed by atoms with Crippen LogP contribution in [0.3, 0.4) is 0 Å². The molecule has 0 unspecified atom stereocenters. The Labute approximate surface area is 76.4 Å². The third kappa shape index (κ3) is 2.14. The summed E-state index contributed by atoms with van der Waals surface area (Å²) in [7, 11) is 0. The maximum Gasteiger partial charge on any atom is 0.313 e. The fraction of sp³-hybridized carbons (Fsp3) is 0.444. The summed E-state index contributed by atoms with van der Waals surface area (Å²) in [5, 5.41) is 8.47. The molecular weight excluding hydrogens is 172 g/mol. The SMILES string of the molecule is C=C1CCC(C)=C1SCC(=O)O. The van der Waals surface area contributed by atoms with Crippen molar-refractivity contribution in [3.8, 4) is 0 Å². The van der Waals surface area contributed by atoms with Gasteiger partial charge >= 0.3 is 5.97 Å². The molecule has 0 amide bonds. The third-order valence-corrected chi connectivity index (χ3v) is 3.17. The van der Waals surface area contributed by atoms with Gasteiger partial charge in [-0.3, -0.25) is 4.79 Å². The Morgan fingerprint density at radius 1 is 1.67 bits per heavy atom. The molecule has 3 heteroatoms. The number of carboxylic acid groups (broad SMARTS) is 1. The van der Waals surface area contributed by atoms with Gasteiger partial charge in [0.05, 0.1) is 5.75 Å². The summed E-state index contributed by atoms with van der Waals surface area (Å²) in [6.45, 7) is 5.94. The van der Waals surface area contributed by atoms with Crippen LogP contribution in [0, 0.1) is 0 Å². The highest BCUT2D eigenvalue weighted by atomic mass is 32.2. The predicted octanol–water partition coefficient (Wildman–Crippen LogP) is 2.43. The van der Waals surface area contributed by atoms with Gasteiger partial charge in [0.25, 0.3) is 0 Å². The summed E-state index contributed by atoms with van der Waals surface area (Å²) in [5.41, 5.74) is 2.38. The van der Waals surface area contributed by atoms with Crippen LogP contribution in [0.1, 0.15) is 19.8 Å². The minimum atomic E-state index is -0.764. The summed E-state index contributed by atoms with van der Waals surface area (Å²) in [6.07, 6.45) is 2.04. The van der Waals surface area contributed by atoms with E-state index in [1.807, 2.05) is 6.92 Å². The number of carboxylic acids is 1.